The summed E-state index contributed by atoms with van der Waals surface area (Å²) in [5.74, 6) is -1.15. The molecule has 1 aliphatic carbocycles. The van der Waals surface area contributed by atoms with E-state index in [1.165, 1.54) is 77.0 Å². The Morgan fingerprint density at radius 2 is 0.966 bits per heavy atom. The second-order valence-corrected chi connectivity index (χ2v) is 16.9. The zero-order valence-electron chi connectivity index (χ0n) is 36.1. The fourth-order valence-corrected chi connectivity index (χ4v) is 7.62. The number of phosphoric acid groups is 1. The molecule has 6 atom stereocenters. The molecule has 13 nitrogen and oxygen atoms in total. The molecule has 6 unspecified atom stereocenters. The first-order valence-corrected chi connectivity index (χ1v) is 23.6. The predicted molar refractivity (Wildman–Crippen MR) is 219 cm³/mol. The van der Waals surface area contributed by atoms with E-state index in [0.29, 0.717) is 12.8 Å². The SMILES string of the molecule is CCCCCC=CCC=CCCCCCCCC(=O)OC(COC(=O)CCCCCCCCCCCCCCC)COP(=O)([O-])OC1C(O)C(O)C(O)C(O)C1O.[Na+]. The van der Waals surface area contributed by atoms with Gasteiger partial charge in [-0.05, 0) is 44.9 Å². The first kappa shape index (κ1) is 57.3. The van der Waals surface area contributed by atoms with Gasteiger partial charge in [0.1, 0.15) is 43.2 Å². The van der Waals surface area contributed by atoms with E-state index in [-0.39, 0.29) is 42.4 Å². The van der Waals surface area contributed by atoms with Gasteiger partial charge in [0.2, 0.25) is 0 Å². The van der Waals surface area contributed by atoms with E-state index >= 15 is 0 Å². The molecule has 15 heteroatoms. The summed E-state index contributed by atoms with van der Waals surface area (Å²) in [6.45, 7) is 3.16. The Balaban J connectivity index is 0.0000325. The third-order valence-corrected chi connectivity index (χ3v) is 11.3. The summed E-state index contributed by atoms with van der Waals surface area (Å²) in [7, 11) is -5.36. The number of aliphatic hydroxyl groups excluding tert-OH is 5. The van der Waals surface area contributed by atoms with Crippen molar-refractivity contribution in [3.63, 3.8) is 0 Å². The number of hydrogen-bond acceptors (Lipinski definition) is 13. The first-order chi connectivity index (χ1) is 27.4. The molecule has 0 aromatic heterocycles. The summed E-state index contributed by atoms with van der Waals surface area (Å²) >= 11 is 0. The number of carbonyl (C=O) groups excluding carboxylic acids is 2. The summed E-state index contributed by atoms with van der Waals surface area (Å²) in [4.78, 5) is 37.9. The Labute approximate surface area is 371 Å². The number of ether oxygens (including phenoxy) is 2. The van der Waals surface area contributed by atoms with Gasteiger partial charge >= 0.3 is 41.5 Å². The van der Waals surface area contributed by atoms with Gasteiger partial charge in [-0.1, -0.05) is 147 Å². The van der Waals surface area contributed by atoms with E-state index in [9.17, 15) is 44.6 Å². The van der Waals surface area contributed by atoms with Crippen molar-refractivity contribution < 1.29 is 92.7 Å². The standard InChI is InChI=1S/C43H79O13P.Na/c1-3-5-7-9-11-13-15-17-18-20-22-24-26-28-30-32-37(45)55-35(34-54-57(51,52)56-43-41(49)39(47)38(46)40(48)42(43)50)33-53-36(44)31-29-27-25-23-21-19-16-14-12-10-8-6-4-2;/h11,13,17-18,35,38-43,46-50H,3-10,12,14-16,19-34H2,1-2H3,(H,51,52);/q;+1/p-1. The molecule has 0 aromatic rings. The van der Waals surface area contributed by atoms with Gasteiger partial charge in [-0.3, -0.25) is 14.2 Å². The fraction of sp³-hybridized carbons (Fsp3) is 0.860. The van der Waals surface area contributed by atoms with Crippen LogP contribution in [0.15, 0.2) is 24.3 Å². The topological polar surface area (TPSA) is 212 Å². The monoisotopic (exact) mass is 857 g/mol. The van der Waals surface area contributed by atoms with E-state index in [1.54, 1.807) is 0 Å². The van der Waals surface area contributed by atoms with Crippen molar-refractivity contribution >= 4 is 19.8 Å². The van der Waals surface area contributed by atoms with Crippen LogP contribution in [0.4, 0.5) is 0 Å². The molecule has 0 amide bonds. The number of carbonyl (C=O) groups is 2. The Morgan fingerprint density at radius 1 is 0.569 bits per heavy atom. The Morgan fingerprint density at radius 3 is 1.47 bits per heavy atom. The number of phosphoric ester groups is 1. The molecule has 1 fully saturated rings. The summed E-state index contributed by atoms with van der Waals surface area (Å²) in [5.41, 5.74) is 0. The maximum Gasteiger partial charge on any atom is 1.00 e. The van der Waals surface area contributed by atoms with Gasteiger partial charge < -0.3 is 48.9 Å². The van der Waals surface area contributed by atoms with Gasteiger partial charge in [-0.25, -0.2) is 0 Å². The van der Waals surface area contributed by atoms with E-state index in [1.807, 2.05) is 0 Å². The Bertz CT molecular complexity index is 1110. The largest absolute Gasteiger partial charge is 1.00 e. The maximum absolute atomic E-state index is 12.7. The summed E-state index contributed by atoms with van der Waals surface area (Å²) in [6, 6.07) is 0. The van der Waals surface area contributed by atoms with Crippen molar-refractivity contribution in [2.75, 3.05) is 13.2 Å². The molecule has 58 heavy (non-hydrogen) atoms. The number of allylic oxidation sites excluding steroid dienone is 4. The molecule has 0 bridgehead atoms. The number of aliphatic hydroxyl groups is 5. The third-order valence-electron chi connectivity index (χ3n) is 10.3. The van der Waals surface area contributed by atoms with Crippen LogP contribution in [0.1, 0.15) is 181 Å². The van der Waals surface area contributed by atoms with Crippen LogP contribution in [0.5, 0.6) is 0 Å². The molecule has 5 N–H and O–H groups in total. The van der Waals surface area contributed by atoms with E-state index in [2.05, 4.69) is 38.2 Å². The molecule has 0 spiro atoms. The van der Waals surface area contributed by atoms with Crippen molar-refractivity contribution in [1.82, 2.24) is 0 Å². The van der Waals surface area contributed by atoms with Gasteiger partial charge in [-0.2, -0.15) is 0 Å². The fourth-order valence-electron chi connectivity index (χ4n) is 6.66. The van der Waals surface area contributed by atoms with E-state index in [4.69, 9.17) is 18.5 Å². The predicted octanol–water partition coefficient (Wildman–Crippen LogP) is 4.43. The second kappa shape index (κ2) is 36.9. The first-order valence-electron chi connectivity index (χ1n) is 22.1. The van der Waals surface area contributed by atoms with Crippen LogP contribution in [0, 0.1) is 0 Å². The smallest absolute Gasteiger partial charge is 0.756 e. The van der Waals surface area contributed by atoms with Crippen molar-refractivity contribution in [3.05, 3.63) is 24.3 Å². The molecule has 0 heterocycles. The van der Waals surface area contributed by atoms with Gasteiger partial charge in [0.15, 0.2) is 6.10 Å². The van der Waals surface area contributed by atoms with Gasteiger partial charge in [0, 0.05) is 12.8 Å². The number of esters is 2. The zero-order valence-corrected chi connectivity index (χ0v) is 39.0. The molecule has 0 aromatic carbocycles. The van der Waals surface area contributed by atoms with Crippen LogP contribution < -0.4 is 34.5 Å². The van der Waals surface area contributed by atoms with E-state index in [0.717, 1.165) is 64.2 Å². The van der Waals surface area contributed by atoms with Crippen LogP contribution in [0.25, 0.3) is 0 Å². The molecule has 0 aliphatic heterocycles. The van der Waals surface area contributed by atoms with Crippen LogP contribution >= 0.6 is 7.82 Å². The molecule has 0 radical (unpaired) electrons. The summed E-state index contributed by atoms with van der Waals surface area (Å²) in [5, 5.41) is 49.9. The Hall–Kier alpha value is -0.670. The van der Waals surface area contributed by atoms with Gasteiger partial charge in [0.25, 0.3) is 7.82 Å². The molecule has 0 saturated heterocycles. The zero-order chi connectivity index (χ0) is 42.2. The summed E-state index contributed by atoms with van der Waals surface area (Å²) in [6.07, 6.45) is 21.9. The Kier molecular flexibility index (Phi) is 36.5. The van der Waals surface area contributed by atoms with Crippen molar-refractivity contribution in [2.24, 2.45) is 0 Å². The minimum Gasteiger partial charge on any atom is -0.756 e. The number of unbranched alkanes of at least 4 members (excludes halogenated alkanes) is 20. The van der Waals surface area contributed by atoms with Gasteiger partial charge in [0.05, 0.1) is 6.61 Å². The second-order valence-electron chi connectivity index (χ2n) is 15.5. The average molecular weight is 857 g/mol. The minimum atomic E-state index is -5.36. The van der Waals surface area contributed by atoms with Gasteiger partial charge in [-0.15, -0.1) is 0 Å². The molecular formula is C43H78NaO13P. The molecule has 1 aliphatic rings. The number of hydrogen-bond donors (Lipinski definition) is 5. The molecular weight excluding hydrogens is 778 g/mol. The van der Waals surface area contributed by atoms with Crippen molar-refractivity contribution in [1.29, 1.82) is 0 Å². The van der Waals surface area contributed by atoms with Crippen LogP contribution in [-0.4, -0.2) is 93.4 Å². The van der Waals surface area contributed by atoms with Crippen molar-refractivity contribution in [2.45, 2.75) is 224 Å². The van der Waals surface area contributed by atoms with Crippen molar-refractivity contribution in [3.8, 4) is 0 Å². The maximum atomic E-state index is 12.7. The van der Waals surface area contributed by atoms with E-state index < -0.39 is 75.7 Å². The van der Waals surface area contributed by atoms with Crippen LogP contribution in [-0.2, 0) is 32.7 Å². The number of rotatable bonds is 36. The third kappa shape index (κ3) is 28.8. The quantitative estimate of drug-likeness (QED) is 0.0194. The molecule has 334 valence electrons. The average Bonchev–Trinajstić information content (AvgIpc) is 3.19. The summed E-state index contributed by atoms with van der Waals surface area (Å²) < 4.78 is 33.1. The van der Waals surface area contributed by atoms with Crippen LogP contribution in [0.2, 0.25) is 0 Å². The minimum absolute atomic E-state index is 0. The molecule has 1 rings (SSSR count). The van der Waals surface area contributed by atoms with Crippen LogP contribution in [0.3, 0.4) is 0 Å². The molecule has 1 saturated carbocycles. The normalized spacial score (nSPS) is 22.5.